The van der Waals surface area contributed by atoms with Crippen molar-refractivity contribution in [1.29, 1.82) is 0 Å². The van der Waals surface area contributed by atoms with E-state index in [-0.39, 0.29) is 24.0 Å². The molecule has 4 heteroatoms. The molecule has 2 saturated heterocycles. The van der Waals surface area contributed by atoms with Gasteiger partial charge in [0.25, 0.3) is 0 Å². The van der Waals surface area contributed by atoms with Gasteiger partial charge in [-0.1, -0.05) is 30.3 Å². The molecule has 4 nitrogen and oxygen atoms in total. The number of rotatable bonds is 6. The number of ether oxygens (including phenoxy) is 2. The monoisotopic (exact) mass is 261 g/mol. The number of carbonyl (C=O) groups excluding carboxylic acids is 1. The second-order valence-electron chi connectivity index (χ2n) is 5.29. The first-order valence-electron chi connectivity index (χ1n) is 6.81. The van der Waals surface area contributed by atoms with Crippen molar-refractivity contribution in [3.05, 3.63) is 35.9 Å². The molecule has 19 heavy (non-hydrogen) atoms. The molecule has 3 rings (SSSR count). The fourth-order valence-corrected chi connectivity index (χ4v) is 2.25. The number of nitrogens with zero attached hydrogens (tertiary/aromatic N) is 1. The minimum atomic E-state index is -0.112. The lowest BCUT2D eigenvalue weighted by Crippen LogP contribution is -2.39. The topological polar surface area (TPSA) is 45.4 Å². The number of amides is 1. The van der Waals surface area contributed by atoms with E-state index in [4.69, 9.17) is 9.47 Å². The molecule has 0 N–H and O–H groups in total. The molecule has 1 aromatic carbocycles. The average molecular weight is 261 g/mol. The van der Waals surface area contributed by atoms with Crippen LogP contribution in [0.5, 0.6) is 0 Å². The number of hydrogen-bond acceptors (Lipinski definition) is 3. The van der Waals surface area contributed by atoms with Gasteiger partial charge in [0.05, 0.1) is 31.3 Å². The molecule has 102 valence electrons. The Morgan fingerprint density at radius 2 is 1.74 bits per heavy atom. The molecule has 1 amide bonds. The van der Waals surface area contributed by atoms with Crippen LogP contribution >= 0.6 is 0 Å². The maximum Gasteiger partial charge on any atom is 0.230 e. The second-order valence-corrected chi connectivity index (χ2v) is 5.29. The van der Waals surface area contributed by atoms with E-state index in [1.807, 2.05) is 42.2 Å². The van der Waals surface area contributed by atoms with Crippen LogP contribution < -0.4 is 0 Å². The van der Waals surface area contributed by atoms with Crippen molar-refractivity contribution >= 4 is 5.91 Å². The van der Waals surface area contributed by atoms with E-state index >= 15 is 0 Å². The third-order valence-electron chi connectivity index (χ3n) is 3.63. The first kappa shape index (κ1) is 12.6. The molecule has 0 aliphatic carbocycles. The summed E-state index contributed by atoms with van der Waals surface area (Å²) in [6.07, 6.45) is 0.455. The van der Waals surface area contributed by atoms with E-state index in [0.717, 1.165) is 18.8 Å². The molecule has 2 fully saturated rings. The van der Waals surface area contributed by atoms with Crippen LogP contribution in [0.2, 0.25) is 0 Å². The van der Waals surface area contributed by atoms with E-state index in [1.165, 1.54) is 0 Å². The first-order valence-corrected chi connectivity index (χ1v) is 6.81. The third-order valence-corrected chi connectivity index (χ3v) is 3.63. The van der Waals surface area contributed by atoms with Crippen molar-refractivity contribution in [2.75, 3.05) is 26.3 Å². The van der Waals surface area contributed by atoms with Gasteiger partial charge in [-0.2, -0.15) is 0 Å². The predicted molar refractivity (Wildman–Crippen MR) is 70.9 cm³/mol. The zero-order valence-corrected chi connectivity index (χ0v) is 11.1. The highest BCUT2D eigenvalue weighted by atomic mass is 16.6. The first-order chi connectivity index (χ1) is 9.24. The Balaban J connectivity index is 1.67. The lowest BCUT2D eigenvalue weighted by Gasteiger charge is -2.24. The molecule has 2 aliphatic heterocycles. The number of benzene rings is 1. The minimum Gasteiger partial charge on any atom is -0.371 e. The van der Waals surface area contributed by atoms with Gasteiger partial charge in [-0.25, -0.2) is 0 Å². The predicted octanol–water partition coefficient (Wildman–Crippen LogP) is 1.42. The second kappa shape index (κ2) is 5.31. The molecule has 3 atom stereocenters. The van der Waals surface area contributed by atoms with E-state index in [0.29, 0.717) is 13.1 Å². The van der Waals surface area contributed by atoms with E-state index in [1.54, 1.807) is 0 Å². The van der Waals surface area contributed by atoms with Crippen LogP contribution in [0.4, 0.5) is 0 Å². The van der Waals surface area contributed by atoms with E-state index < -0.39 is 0 Å². The van der Waals surface area contributed by atoms with Crippen molar-refractivity contribution in [3.8, 4) is 0 Å². The zero-order chi connectivity index (χ0) is 13.2. The van der Waals surface area contributed by atoms with Gasteiger partial charge in [-0.05, 0) is 12.5 Å². The minimum absolute atomic E-state index is 0.112. The number of hydrogen-bond donors (Lipinski definition) is 0. The molecule has 2 aliphatic rings. The van der Waals surface area contributed by atoms with Crippen molar-refractivity contribution in [1.82, 2.24) is 4.90 Å². The summed E-state index contributed by atoms with van der Waals surface area (Å²) in [5.74, 6) is 0.0518. The Hall–Kier alpha value is -1.39. The molecule has 2 heterocycles. The summed E-state index contributed by atoms with van der Waals surface area (Å²) in [4.78, 5) is 14.5. The highest BCUT2D eigenvalue weighted by Gasteiger charge is 2.34. The number of epoxide rings is 2. The molecular formula is C15H19NO3. The molecule has 0 spiro atoms. The van der Waals surface area contributed by atoms with Crippen LogP contribution in [0.3, 0.4) is 0 Å². The Morgan fingerprint density at radius 3 is 2.21 bits per heavy atom. The number of carbonyl (C=O) groups is 1. The van der Waals surface area contributed by atoms with Crippen LogP contribution in [0.1, 0.15) is 18.4 Å². The largest absolute Gasteiger partial charge is 0.371 e. The molecule has 0 radical (unpaired) electrons. The van der Waals surface area contributed by atoms with Crippen LogP contribution in [0.15, 0.2) is 30.3 Å². The summed E-state index contributed by atoms with van der Waals surface area (Å²) in [5, 5.41) is 0. The normalized spacial score (nSPS) is 25.7. The van der Waals surface area contributed by atoms with Crippen LogP contribution in [0.25, 0.3) is 0 Å². The maximum atomic E-state index is 12.6. The zero-order valence-electron chi connectivity index (χ0n) is 11.1. The quantitative estimate of drug-likeness (QED) is 0.727. The Kier molecular flexibility index (Phi) is 3.53. The molecule has 0 aromatic heterocycles. The van der Waals surface area contributed by atoms with Gasteiger partial charge in [0.2, 0.25) is 5.91 Å². The smallest absolute Gasteiger partial charge is 0.230 e. The van der Waals surface area contributed by atoms with Gasteiger partial charge < -0.3 is 14.4 Å². The standard InChI is InChI=1S/C15H19NO3/c1-11(12-5-3-2-4-6-12)15(17)16(7-13-9-18-13)8-14-10-19-14/h2-6,11,13-14H,7-10H2,1H3. The summed E-state index contributed by atoms with van der Waals surface area (Å²) in [5.41, 5.74) is 1.06. The van der Waals surface area contributed by atoms with E-state index in [9.17, 15) is 4.79 Å². The van der Waals surface area contributed by atoms with Gasteiger partial charge >= 0.3 is 0 Å². The van der Waals surface area contributed by atoms with Gasteiger partial charge in [-0.15, -0.1) is 0 Å². The Morgan fingerprint density at radius 1 is 1.21 bits per heavy atom. The van der Waals surface area contributed by atoms with Crippen LogP contribution in [-0.4, -0.2) is 49.3 Å². The maximum absolute atomic E-state index is 12.6. The average Bonchev–Trinajstić information content (AvgIpc) is 3.32. The third kappa shape index (κ3) is 3.33. The van der Waals surface area contributed by atoms with Crippen molar-refractivity contribution in [3.63, 3.8) is 0 Å². The summed E-state index contributed by atoms with van der Waals surface area (Å²) in [7, 11) is 0. The van der Waals surface area contributed by atoms with E-state index in [2.05, 4.69) is 0 Å². The summed E-state index contributed by atoms with van der Waals surface area (Å²) in [6.45, 7) is 4.89. The fourth-order valence-electron chi connectivity index (χ4n) is 2.25. The fraction of sp³-hybridized carbons (Fsp3) is 0.533. The Labute approximate surface area is 113 Å². The van der Waals surface area contributed by atoms with Crippen molar-refractivity contribution in [2.24, 2.45) is 0 Å². The van der Waals surface area contributed by atoms with Gasteiger partial charge in [0.15, 0.2) is 0 Å². The lowest BCUT2D eigenvalue weighted by atomic mass is 9.99. The highest BCUT2D eigenvalue weighted by molar-refractivity contribution is 5.83. The van der Waals surface area contributed by atoms with Crippen LogP contribution in [0, 0.1) is 0 Å². The van der Waals surface area contributed by atoms with Gasteiger partial charge in [0, 0.05) is 13.1 Å². The summed E-state index contributed by atoms with van der Waals surface area (Å²) >= 11 is 0. The van der Waals surface area contributed by atoms with Crippen molar-refractivity contribution < 1.29 is 14.3 Å². The van der Waals surface area contributed by atoms with Gasteiger partial charge in [0.1, 0.15) is 0 Å². The SMILES string of the molecule is CC(C(=O)N(CC1CO1)CC1CO1)c1ccccc1. The summed E-state index contributed by atoms with van der Waals surface area (Å²) < 4.78 is 10.5. The Bertz CT molecular complexity index is 426. The summed E-state index contributed by atoms with van der Waals surface area (Å²) in [6, 6.07) is 9.91. The highest BCUT2D eigenvalue weighted by Crippen LogP contribution is 2.22. The van der Waals surface area contributed by atoms with Crippen molar-refractivity contribution in [2.45, 2.75) is 25.0 Å². The van der Waals surface area contributed by atoms with Gasteiger partial charge in [-0.3, -0.25) is 4.79 Å². The molecule has 3 unspecified atom stereocenters. The van der Waals surface area contributed by atoms with Crippen LogP contribution in [-0.2, 0) is 14.3 Å². The lowest BCUT2D eigenvalue weighted by molar-refractivity contribution is -0.133. The molecule has 1 aromatic rings. The molecule has 0 saturated carbocycles. The molecule has 0 bridgehead atoms. The molecular weight excluding hydrogens is 242 g/mol.